The first-order chi connectivity index (χ1) is 25.4. The normalized spacial score (nSPS) is 12.2. The Kier molecular flexibility index (Phi) is 40.2. The summed E-state index contributed by atoms with van der Waals surface area (Å²) in [7, 11) is 4.07. The molecule has 0 aliphatic heterocycles. The van der Waals surface area contributed by atoms with Gasteiger partial charge in [0.2, 0.25) is 0 Å². The Morgan fingerprint density at radius 3 is 1.23 bits per heavy atom. The third-order valence-corrected chi connectivity index (χ3v) is 11.0. The zero-order chi connectivity index (χ0) is 38.2. The van der Waals surface area contributed by atoms with Gasteiger partial charge in [-0.2, -0.15) is 0 Å². The molecule has 0 amide bonds. The van der Waals surface area contributed by atoms with Crippen LogP contribution in [-0.2, 0) is 19.1 Å². The van der Waals surface area contributed by atoms with Crippen molar-refractivity contribution in [3.63, 3.8) is 0 Å². The van der Waals surface area contributed by atoms with Crippen LogP contribution in [0.1, 0.15) is 252 Å². The van der Waals surface area contributed by atoms with Crippen molar-refractivity contribution in [1.82, 2.24) is 4.90 Å². The maximum atomic E-state index is 12.6. The van der Waals surface area contributed by atoms with Crippen molar-refractivity contribution in [3.05, 3.63) is 0 Å². The molecule has 0 aromatic rings. The summed E-state index contributed by atoms with van der Waals surface area (Å²) in [6, 6.07) is 0. The summed E-state index contributed by atoms with van der Waals surface area (Å²) in [6.45, 7) is 8.29. The standard InChI is InChI=1S/C47H93NO4/c1-6-9-12-15-17-19-21-23-26-28-35-44(36-29-27-24-22-20-18-16-13-10-7-2)37-34-43-51-46(49)40-32-31-39-45(38-30-25-14-11-8-3)52-47(50)41-33-42-48(4)5/h44-45H,6-43H2,1-5H3. The molecule has 0 saturated heterocycles. The molecule has 52 heavy (non-hydrogen) atoms. The molecule has 0 heterocycles. The fourth-order valence-corrected chi connectivity index (χ4v) is 7.57. The van der Waals surface area contributed by atoms with Gasteiger partial charge in [0.15, 0.2) is 0 Å². The fraction of sp³-hybridized carbons (Fsp3) is 0.957. The predicted molar refractivity (Wildman–Crippen MR) is 226 cm³/mol. The highest BCUT2D eigenvalue weighted by atomic mass is 16.5. The number of carbonyl (C=O) groups is 2. The van der Waals surface area contributed by atoms with Crippen LogP contribution in [-0.4, -0.2) is 50.2 Å². The van der Waals surface area contributed by atoms with Crippen LogP contribution in [0.25, 0.3) is 0 Å². The molecule has 0 aliphatic carbocycles. The summed E-state index contributed by atoms with van der Waals surface area (Å²) in [6.07, 6.45) is 44.2. The summed E-state index contributed by atoms with van der Waals surface area (Å²) in [5, 5.41) is 0. The van der Waals surface area contributed by atoms with Crippen LogP contribution in [0.5, 0.6) is 0 Å². The highest BCUT2D eigenvalue weighted by Crippen LogP contribution is 2.24. The molecule has 0 aromatic heterocycles. The number of hydrogen-bond donors (Lipinski definition) is 0. The van der Waals surface area contributed by atoms with Gasteiger partial charge in [-0.25, -0.2) is 0 Å². The van der Waals surface area contributed by atoms with Gasteiger partial charge in [0.1, 0.15) is 6.10 Å². The Morgan fingerprint density at radius 2 is 0.788 bits per heavy atom. The van der Waals surface area contributed by atoms with Crippen LogP contribution < -0.4 is 0 Å². The van der Waals surface area contributed by atoms with E-state index < -0.39 is 0 Å². The number of esters is 2. The molecule has 5 heteroatoms. The van der Waals surface area contributed by atoms with Crippen molar-refractivity contribution < 1.29 is 19.1 Å². The molecule has 0 fully saturated rings. The van der Waals surface area contributed by atoms with Gasteiger partial charge in [0.25, 0.3) is 0 Å². The average molecular weight is 736 g/mol. The molecular weight excluding hydrogens is 643 g/mol. The molecule has 1 unspecified atom stereocenters. The van der Waals surface area contributed by atoms with E-state index in [1.165, 1.54) is 173 Å². The molecule has 310 valence electrons. The van der Waals surface area contributed by atoms with Gasteiger partial charge >= 0.3 is 11.9 Å². The van der Waals surface area contributed by atoms with Crippen LogP contribution in [0.2, 0.25) is 0 Å². The Hall–Kier alpha value is -1.10. The Morgan fingerprint density at radius 1 is 0.423 bits per heavy atom. The number of hydrogen-bond acceptors (Lipinski definition) is 5. The number of carbonyl (C=O) groups excluding carboxylic acids is 2. The van der Waals surface area contributed by atoms with Gasteiger partial charge in [0.05, 0.1) is 6.61 Å². The van der Waals surface area contributed by atoms with Crippen LogP contribution in [0.3, 0.4) is 0 Å². The second-order valence-corrected chi connectivity index (χ2v) is 16.6. The van der Waals surface area contributed by atoms with E-state index in [9.17, 15) is 9.59 Å². The van der Waals surface area contributed by atoms with E-state index in [2.05, 4.69) is 25.7 Å². The van der Waals surface area contributed by atoms with Crippen LogP contribution in [0.4, 0.5) is 0 Å². The third-order valence-electron chi connectivity index (χ3n) is 11.0. The van der Waals surface area contributed by atoms with E-state index in [0.29, 0.717) is 19.4 Å². The third kappa shape index (κ3) is 38.6. The van der Waals surface area contributed by atoms with Gasteiger partial charge in [-0.1, -0.05) is 188 Å². The summed E-state index contributed by atoms with van der Waals surface area (Å²) in [5.74, 6) is 0.656. The zero-order valence-electron chi connectivity index (χ0n) is 36.1. The SMILES string of the molecule is CCCCCCCCCCCCC(CCCCCCCCCCCC)CCCOC(=O)CCCCC(CCCCCCC)OC(=O)CCCN(C)C. The molecule has 0 rings (SSSR count). The van der Waals surface area contributed by atoms with Crippen LogP contribution in [0.15, 0.2) is 0 Å². The summed E-state index contributed by atoms with van der Waals surface area (Å²) in [5.41, 5.74) is 0. The zero-order valence-corrected chi connectivity index (χ0v) is 36.1. The Bertz CT molecular complexity index is 717. The van der Waals surface area contributed by atoms with Gasteiger partial charge in [-0.15, -0.1) is 0 Å². The van der Waals surface area contributed by atoms with E-state index in [0.717, 1.165) is 57.4 Å². The van der Waals surface area contributed by atoms with Crippen molar-refractivity contribution in [3.8, 4) is 0 Å². The Labute approximate surface area is 326 Å². The van der Waals surface area contributed by atoms with Crippen molar-refractivity contribution in [2.45, 2.75) is 258 Å². The molecule has 0 N–H and O–H groups in total. The minimum Gasteiger partial charge on any atom is -0.466 e. The Balaban J connectivity index is 4.42. The molecule has 0 saturated carbocycles. The second kappa shape index (κ2) is 41.1. The summed E-state index contributed by atoms with van der Waals surface area (Å²) < 4.78 is 11.6. The smallest absolute Gasteiger partial charge is 0.306 e. The lowest BCUT2D eigenvalue weighted by Gasteiger charge is -2.18. The van der Waals surface area contributed by atoms with Gasteiger partial charge in [-0.05, 0) is 77.9 Å². The summed E-state index contributed by atoms with van der Waals surface area (Å²) in [4.78, 5) is 27.2. The highest BCUT2D eigenvalue weighted by molar-refractivity contribution is 5.69. The largest absolute Gasteiger partial charge is 0.466 e. The molecule has 5 nitrogen and oxygen atoms in total. The highest BCUT2D eigenvalue weighted by Gasteiger charge is 2.15. The number of unbranched alkanes of at least 4 members (excludes halogenated alkanes) is 23. The first kappa shape index (κ1) is 50.9. The van der Waals surface area contributed by atoms with Gasteiger partial charge < -0.3 is 14.4 Å². The molecule has 0 spiro atoms. The lowest BCUT2D eigenvalue weighted by Crippen LogP contribution is -2.20. The number of rotatable bonds is 42. The topological polar surface area (TPSA) is 55.8 Å². The minimum absolute atomic E-state index is 0.0208. The molecule has 0 aromatic carbocycles. The summed E-state index contributed by atoms with van der Waals surface area (Å²) >= 11 is 0. The van der Waals surface area contributed by atoms with E-state index in [-0.39, 0.29) is 18.0 Å². The molecular formula is C47H93NO4. The number of nitrogens with zero attached hydrogens (tertiary/aromatic N) is 1. The van der Waals surface area contributed by atoms with Gasteiger partial charge in [0, 0.05) is 12.8 Å². The maximum Gasteiger partial charge on any atom is 0.306 e. The molecule has 1 atom stereocenters. The average Bonchev–Trinajstić information content (AvgIpc) is 3.12. The molecule has 0 radical (unpaired) electrons. The fourth-order valence-electron chi connectivity index (χ4n) is 7.57. The van der Waals surface area contributed by atoms with Crippen LogP contribution in [0, 0.1) is 5.92 Å². The maximum absolute atomic E-state index is 12.6. The monoisotopic (exact) mass is 736 g/mol. The molecule has 0 aliphatic rings. The minimum atomic E-state index is -0.0699. The second-order valence-electron chi connectivity index (χ2n) is 16.6. The number of ether oxygens (including phenoxy) is 2. The lowest BCUT2D eigenvalue weighted by atomic mass is 9.90. The van der Waals surface area contributed by atoms with Crippen molar-refractivity contribution in [1.29, 1.82) is 0 Å². The van der Waals surface area contributed by atoms with Crippen molar-refractivity contribution in [2.75, 3.05) is 27.2 Å². The van der Waals surface area contributed by atoms with Crippen LogP contribution >= 0.6 is 0 Å². The van der Waals surface area contributed by atoms with E-state index in [1.807, 2.05) is 14.1 Å². The van der Waals surface area contributed by atoms with E-state index in [1.54, 1.807) is 0 Å². The van der Waals surface area contributed by atoms with Gasteiger partial charge in [-0.3, -0.25) is 9.59 Å². The predicted octanol–water partition coefficient (Wildman–Crippen LogP) is 14.7. The van der Waals surface area contributed by atoms with E-state index in [4.69, 9.17) is 9.47 Å². The first-order valence-corrected chi connectivity index (χ1v) is 23.4. The lowest BCUT2D eigenvalue weighted by molar-refractivity contribution is -0.150. The van der Waals surface area contributed by atoms with Crippen molar-refractivity contribution in [2.24, 2.45) is 5.92 Å². The first-order valence-electron chi connectivity index (χ1n) is 23.4. The quantitative estimate of drug-likeness (QED) is 0.0461. The van der Waals surface area contributed by atoms with E-state index >= 15 is 0 Å². The molecule has 0 bridgehead atoms. The van der Waals surface area contributed by atoms with Crippen molar-refractivity contribution >= 4 is 11.9 Å².